The van der Waals surface area contributed by atoms with Crippen LogP contribution in [0.15, 0.2) is 0 Å². The third-order valence-electron chi connectivity index (χ3n) is 3.34. The number of alkyl halides is 3. The molecule has 19 heavy (non-hydrogen) atoms. The Balaban J connectivity index is 2.58. The van der Waals surface area contributed by atoms with Crippen molar-refractivity contribution in [3.8, 4) is 0 Å². The van der Waals surface area contributed by atoms with Gasteiger partial charge in [-0.1, -0.05) is 13.8 Å². The molecule has 1 saturated heterocycles. The van der Waals surface area contributed by atoms with Gasteiger partial charge in [0.15, 0.2) is 0 Å². The molecule has 1 rings (SSSR count). The molecular weight excluding hydrogens is 257 g/mol. The maximum atomic E-state index is 12.4. The number of nitrogens with one attached hydrogen (secondary N) is 1. The van der Waals surface area contributed by atoms with E-state index in [4.69, 9.17) is 4.74 Å². The molecule has 1 atom stereocenters. The Bertz CT molecular complexity index is 263. The molecule has 0 aliphatic carbocycles. The third kappa shape index (κ3) is 6.58. The van der Waals surface area contributed by atoms with Crippen LogP contribution in [0.1, 0.15) is 26.7 Å². The molecule has 0 saturated carbocycles. The van der Waals surface area contributed by atoms with Crippen molar-refractivity contribution in [1.82, 2.24) is 10.2 Å². The maximum Gasteiger partial charge on any atom is 0.401 e. The summed E-state index contributed by atoms with van der Waals surface area (Å²) in [5.74, 6) is 0. The van der Waals surface area contributed by atoms with Crippen molar-refractivity contribution in [3.05, 3.63) is 0 Å². The van der Waals surface area contributed by atoms with E-state index in [2.05, 4.69) is 5.32 Å². The first-order valence-electron chi connectivity index (χ1n) is 6.79. The summed E-state index contributed by atoms with van der Waals surface area (Å²) in [6, 6.07) is 0.326. The van der Waals surface area contributed by atoms with Gasteiger partial charge < -0.3 is 10.1 Å². The predicted molar refractivity (Wildman–Crippen MR) is 69.2 cm³/mol. The summed E-state index contributed by atoms with van der Waals surface area (Å²) >= 11 is 0. The highest BCUT2D eigenvalue weighted by atomic mass is 19.4. The maximum absolute atomic E-state index is 12.4. The normalized spacial score (nSPS) is 25.3. The summed E-state index contributed by atoms with van der Waals surface area (Å²) in [5, 5.41) is 3.34. The number of rotatable bonds is 6. The van der Waals surface area contributed by atoms with Gasteiger partial charge in [0.1, 0.15) is 0 Å². The molecule has 0 spiro atoms. The molecule has 6 heteroatoms. The Morgan fingerprint density at radius 1 is 1.37 bits per heavy atom. The second-order valence-electron chi connectivity index (χ2n) is 5.98. The van der Waals surface area contributed by atoms with Gasteiger partial charge in [0.25, 0.3) is 0 Å². The fourth-order valence-electron chi connectivity index (χ4n) is 2.59. The summed E-state index contributed by atoms with van der Waals surface area (Å²) in [6.45, 7) is 5.57. The summed E-state index contributed by atoms with van der Waals surface area (Å²) in [6.07, 6.45) is -2.31. The number of nitrogens with zero attached hydrogens (tertiary/aromatic N) is 1. The Labute approximate surface area is 113 Å². The van der Waals surface area contributed by atoms with Crippen molar-refractivity contribution >= 4 is 0 Å². The van der Waals surface area contributed by atoms with E-state index in [9.17, 15) is 13.2 Å². The molecule has 1 heterocycles. The van der Waals surface area contributed by atoms with Crippen molar-refractivity contribution in [3.63, 3.8) is 0 Å². The second-order valence-corrected chi connectivity index (χ2v) is 5.98. The SMILES string of the molecule is CC(C)NCC1(CN(C)CC(F)(F)F)CCCOC1. The van der Waals surface area contributed by atoms with Gasteiger partial charge in [0.2, 0.25) is 0 Å². The summed E-state index contributed by atoms with van der Waals surface area (Å²) in [7, 11) is 1.53. The van der Waals surface area contributed by atoms with Gasteiger partial charge in [-0.3, -0.25) is 4.90 Å². The van der Waals surface area contributed by atoms with Crippen molar-refractivity contribution in [2.75, 3.05) is 39.9 Å². The van der Waals surface area contributed by atoms with Gasteiger partial charge in [0.05, 0.1) is 13.2 Å². The van der Waals surface area contributed by atoms with Gasteiger partial charge in [0, 0.05) is 31.2 Å². The topological polar surface area (TPSA) is 24.5 Å². The van der Waals surface area contributed by atoms with E-state index >= 15 is 0 Å². The molecule has 0 aromatic heterocycles. The lowest BCUT2D eigenvalue weighted by molar-refractivity contribution is -0.148. The van der Waals surface area contributed by atoms with Crippen molar-refractivity contribution in [2.24, 2.45) is 5.41 Å². The molecule has 0 aromatic rings. The zero-order valence-corrected chi connectivity index (χ0v) is 12.0. The van der Waals surface area contributed by atoms with E-state index in [1.54, 1.807) is 0 Å². The highest BCUT2D eigenvalue weighted by Gasteiger charge is 2.37. The van der Waals surface area contributed by atoms with Crippen LogP contribution >= 0.6 is 0 Å². The quantitative estimate of drug-likeness (QED) is 0.809. The first-order chi connectivity index (χ1) is 8.72. The monoisotopic (exact) mass is 282 g/mol. The van der Waals surface area contributed by atoms with Gasteiger partial charge in [-0.2, -0.15) is 13.2 Å². The largest absolute Gasteiger partial charge is 0.401 e. The van der Waals surface area contributed by atoms with Crippen LogP contribution < -0.4 is 5.32 Å². The minimum atomic E-state index is -4.14. The zero-order valence-electron chi connectivity index (χ0n) is 12.0. The molecule has 1 aliphatic rings. The van der Waals surface area contributed by atoms with Crippen molar-refractivity contribution in [2.45, 2.75) is 38.9 Å². The Morgan fingerprint density at radius 3 is 2.53 bits per heavy atom. The van der Waals surface area contributed by atoms with E-state index in [0.29, 0.717) is 32.3 Å². The Morgan fingerprint density at radius 2 is 2.05 bits per heavy atom. The van der Waals surface area contributed by atoms with Crippen molar-refractivity contribution < 1.29 is 17.9 Å². The van der Waals surface area contributed by atoms with E-state index in [0.717, 1.165) is 12.8 Å². The van der Waals surface area contributed by atoms with Crippen LogP contribution in [0.2, 0.25) is 0 Å². The molecule has 114 valence electrons. The average Bonchev–Trinajstić information content (AvgIpc) is 2.25. The van der Waals surface area contributed by atoms with Crippen LogP contribution in [-0.2, 0) is 4.74 Å². The first kappa shape index (κ1) is 16.7. The molecule has 0 bridgehead atoms. The molecule has 1 aliphatic heterocycles. The van der Waals surface area contributed by atoms with Crippen LogP contribution in [0, 0.1) is 5.41 Å². The minimum Gasteiger partial charge on any atom is -0.381 e. The fourth-order valence-corrected chi connectivity index (χ4v) is 2.59. The summed E-state index contributed by atoms with van der Waals surface area (Å²) in [4.78, 5) is 1.36. The third-order valence-corrected chi connectivity index (χ3v) is 3.34. The second kappa shape index (κ2) is 6.90. The van der Waals surface area contributed by atoms with Gasteiger partial charge >= 0.3 is 6.18 Å². The molecule has 0 amide bonds. The number of hydrogen-bond acceptors (Lipinski definition) is 3. The van der Waals surface area contributed by atoms with E-state index in [1.807, 2.05) is 13.8 Å². The van der Waals surface area contributed by atoms with Crippen LogP contribution in [-0.4, -0.2) is 57.0 Å². The summed E-state index contributed by atoms with van der Waals surface area (Å²) in [5.41, 5.74) is -0.206. The number of halogens is 3. The van der Waals surface area contributed by atoms with Crippen LogP contribution in [0.3, 0.4) is 0 Å². The van der Waals surface area contributed by atoms with E-state index in [-0.39, 0.29) is 5.41 Å². The molecule has 1 N–H and O–H groups in total. The highest BCUT2D eigenvalue weighted by molar-refractivity contribution is 4.87. The molecular formula is C13H25F3N2O. The van der Waals surface area contributed by atoms with Gasteiger partial charge in [-0.15, -0.1) is 0 Å². The Hall–Kier alpha value is -0.330. The molecule has 0 radical (unpaired) electrons. The number of ether oxygens (including phenoxy) is 1. The lowest BCUT2D eigenvalue weighted by Gasteiger charge is -2.40. The highest BCUT2D eigenvalue weighted by Crippen LogP contribution is 2.30. The standard InChI is InChI=1S/C13H25F3N2O/c1-11(2)17-7-12(5-4-6-19-10-12)8-18(3)9-13(14,15)16/h11,17H,4-10H2,1-3H3. The molecule has 1 unspecified atom stereocenters. The average molecular weight is 282 g/mol. The van der Waals surface area contributed by atoms with E-state index < -0.39 is 12.7 Å². The zero-order chi connectivity index (χ0) is 14.5. The smallest absolute Gasteiger partial charge is 0.381 e. The lowest BCUT2D eigenvalue weighted by atomic mass is 9.81. The van der Waals surface area contributed by atoms with Gasteiger partial charge in [-0.05, 0) is 19.9 Å². The fraction of sp³-hybridized carbons (Fsp3) is 1.00. The molecule has 3 nitrogen and oxygen atoms in total. The van der Waals surface area contributed by atoms with Crippen LogP contribution in [0.5, 0.6) is 0 Å². The summed E-state index contributed by atoms with van der Waals surface area (Å²) < 4.78 is 42.7. The van der Waals surface area contributed by atoms with E-state index in [1.165, 1.54) is 11.9 Å². The number of hydrogen-bond donors (Lipinski definition) is 1. The minimum absolute atomic E-state index is 0.206. The molecule has 0 aromatic carbocycles. The Kier molecular flexibility index (Phi) is 6.08. The van der Waals surface area contributed by atoms with Crippen molar-refractivity contribution in [1.29, 1.82) is 0 Å². The predicted octanol–water partition coefficient (Wildman–Crippen LogP) is 2.28. The van der Waals surface area contributed by atoms with Crippen LogP contribution in [0.25, 0.3) is 0 Å². The van der Waals surface area contributed by atoms with Crippen LogP contribution in [0.4, 0.5) is 13.2 Å². The lowest BCUT2D eigenvalue weighted by Crippen LogP contribution is -2.50. The molecule has 1 fully saturated rings. The first-order valence-corrected chi connectivity index (χ1v) is 6.79. The van der Waals surface area contributed by atoms with Gasteiger partial charge in [-0.25, -0.2) is 0 Å².